The van der Waals surface area contributed by atoms with E-state index < -0.39 is 48.6 Å². The van der Waals surface area contributed by atoms with Crippen molar-refractivity contribution in [1.82, 2.24) is 0 Å². The van der Waals surface area contributed by atoms with E-state index in [4.69, 9.17) is 23.7 Å². The highest BCUT2D eigenvalue weighted by Gasteiger charge is 2.51. The van der Waals surface area contributed by atoms with Gasteiger partial charge in [0.15, 0.2) is 18.5 Å². The summed E-state index contributed by atoms with van der Waals surface area (Å²) in [6.45, 7) is 7.22. The summed E-state index contributed by atoms with van der Waals surface area (Å²) in [6, 6.07) is 1.54. The zero-order valence-electron chi connectivity index (χ0n) is 14.9. The molecule has 1 aliphatic rings. The van der Waals surface area contributed by atoms with Gasteiger partial charge < -0.3 is 23.7 Å². The number of esters is 3. The van der Waals surface area contributed by atoms with Crippen LogP contribution in [-0.4, -0.2) is 54.9 Å². The standard InChI is InChI=1S/C17H19O9S/c1-8-14(23-9(2)19)15(24-10(3)20)16(25-11(4)21)17(22-8)26-12-5-6-27-13(12)7-18/h5-8,14-17H,1H2,2-4H3. The molecule has 0 N–H and O–H groups in total. The Labute approximate surface area is 159 Å². The van der Waals surface area contributed by atoms with Crippen LogP contribution in [0.15, 0.2) is 11.4 Å². The normalized spacial score (nSPS) is 27.3. The fourth-order valence-electron chi connectivity index (χ4n) is 2.57. The van der Waals surface area contributed by atoms with Crippen LogP contribution in [0.2, 0.25) is 0 Å². The molecule has 2 heterocycles. The molecule has 1 radical (unpaired) electrons. The predicted molar refractivity (Wildman–Crippen MR) is 91.0 cm³/mol. The molecule has 0 saturated carbocycles. The summed E-state index contributed by atoms with van der Waals surface area (Å²) < 4.78 is 26.9. The minimum Gasteiger partial charge on any atom is -0.459 e. The maximum Gasteiger partial charge on any atom is 0.303 e. The SMILES string of the molecule is [CH2]C1OC(Oc2ccsc2C=O)C(OC(C)=O)C(OC(C)=O)C1OC(C)=O. The lowest BCUT2D eigenvalue weighted by atomic mass is 9.99. The Morgan fingerprint density at radius 3 is 2.15 bits per heavy atom. The van der Waals surface area contributed by atoms with E-state index in [0.29, 0.717) is 11.2 Å². The van der Waals surface area contributed by atoms with Crippen LogP contribution >= 0.6 is 11.3 Å². The first-order valence-electron chi connectivity index (χ1n) is 7.92. The highest BCUT2D eigenvalue weighted by molar-refractivity contribution is 7.12. The highest BCUT2D eigenvalue weighted by Crippen LogP contribution is 2.32. The molecule has 9 nitrogen and oxygen atoms in total. The number of carbonyl (C=O) groups excluding carboxylic acids is 4. The number of ether oxygens (including phenoxy) is 5. The van der Waals surface area contributed by atoms with Crippen molar-refractivity contribution >= 4 is 35.5 Å². The lowest BCUT2D eigenvalue weighted by molar-refractivity contribution is -0.275. The number of thiophene rings is 1. The third-order valence-electron chi connectivity index (χ3n) is 3.50. The van der Waals surface area contributed by atoms with E-state index in [-0.39, 0.29) is 5.75 Å². The first-order chi connectivity index (χ1) is 12.7. The summed E-state index contributed by atoms with van der Waals surface area (Å²) in [7, 11) is 0. The largest absolute Gasteiger partial charge is 0.459 e. The first-order valence-corrected chi connectivity index (χ1v) is 8.80. The number of aldehydes is 1. The maximum atomic E-state index is 11.6. The molecule has 0 aromatic carbocycles. The van der Waals surface area contributed by atoms with Crippen molar-refractivity contribution in [3.63, 3.8) is 0 Å². The van der Waals surface area contributed by atoms with Crippen LogP contribution in [0.1, 0.15) is 30.4 Å². The molecular weight excluding hydrogens is 380 g/mol. The molecule has 0 amide bonds. The third-order valence-corrected chi connectivity index (χ3v) is 4.33. The molecule has 1 aromatic rings. The Morgan fingerprint density at radius 2 is 1.59 bits per heavy atom. The van der Waals surface area contributed by atoms with Crippen molar-refractivity contribution in [2.24, 2.45) is 0 Å². The van der Waals surface area contributed by atoms with Gasteiger partial charge in [-0.05, 0) is 18.4 Å². The Hall–Kier alpha value is -2.46. The van der Waals surface area contributed by atoms with Crippen molar-refractivity contribution in [3.8, 4) is 5.75 Å². The van der Waals surface area contributed by atoms with Crippen LogP contribution in [0, 0.1) is 6.92 Å². The van der Waals surface area contributed by atoms with E-state index in [1.165, 1.54) is 6.92 Å². The van der Waals surface area contributed by atoms with Gasteiger partial charge in [0.05, 0.1) is 0 Å². The van der Waals surface area contributed by atoms with Crippen molar-refractivity contribution in [2.75, 3.05) is 0 Å². The van der Waals surface area contributed by atoms with Crippen LogP contribution in [0.4, 0.5) is 0 Å². The van der Waals surface area contributed by atoms with E-state index in [1.54, 1.807) is 11.4 Å². The van der Waals surface area contributed by atoms with Gasteiger partial charge in [0.25, 0.3) is 0 Å². The van der Waals surface area contributed by atoms with Gasteiger partial charge in [0, 0.05) is 20.8 Å². The second-order valence-corrected chi connectivity index (χ2v) is 6.60. The van der Waals surface area contributed by atoms with Crippen molar-refractivity contribution in [1.29, 1.82) is 0 Å². The summed E-state index contributed by atoms with van der Waals surface area (Å²) in [6.07, 6.45) is -5.22. The lowest BCUT2D eigenvalue weighted by Gasteiger charge is -2.43. The van der Waals surface area contributed by atoms with Gasteiger partial charge in [0.2, 0.25) is 12.4 Å². The van der Waals surface area contributed by atoms with Gasteiger partial charge in [0.1, 0.15) is 16.7 Å². The van der Waals surface area contributed by atoms with Crippen molar-refractivity contribution in [3.05, 3.63) is 23.2 Å². The third kappa shape index (κ3) is 5.27. The fourth-order valence-corrected chi connectivity index (χ4v) is 3.19. The topological polar surface area (TPSA) is 114 Å². The molecule has 1 saturated heterocycles. The summed E-state index contributed by atoms with van der Waals surface area (Å²) in [4.78, 5) is 45.9. The van der Waals surface area contributed by atoms with Gasteiger partial charge in [-0.3, -0.25) is 19.2 Å². The number of carbonyl (C=O) groups is 4. The van der Waals surface area contributed by atoms with Crippen LogP contribution in [0.3, 0.4) is 0 Å². The average Bonchev–Trinajstić information content (AvgIpc) is 3.00. The number of rotatable bonds is 6. The molecule has 5 atom stereocenters. The van der Waals surface area contributed by atoms with E-state index in [0.717, 1.165) is 25.2 Å². The van der Waals surface area contributed by atoms with Gasteiger partial charge >= 0.3 is 17.9 Å². The molecule has 1 fully saturated rings. The fraction of sp³-hybridized carbons (Fsp3) is 0.471. The van der Waals surface area contributed by atoms with Crippen molar-refractivity contribution in [2.45, 2.75) is 51.5 Å². The maximum absolute atomic E-state index is 11.6. The molecule has 5 unspecified atom stereocenters. The number of hydrogen-bond donors (Lipinski definition) is 0. The molecular formula is C17H19O9S. The van der Waals surface area contributed by atoms with Gasteiger partial charge in [-0.25, -0.2) is 0 Å². The second kappa shape index (κ2) is 8.96. The molecule has 10 heteroatoms. The highest BCUT2D eigenvalue weighted by atomic mass is 32.1. The van der Waals surface area contributed by atoms with Gasteiger partial charge in [-0.15, -0.1) is 11.3 Å². The Bertz CT molecular complexity index is 713. The molecule has 0 aliphatic carbocycles. The predicted octanol–water partition coefficient (Wildman–Crippen LogP) is 1.29. The van der Waals surface area contributed by atoms with Crippen LogP contribution in [0.5, 0.6) is 5.75 Å². The van der Waals surface area contributed by atoms with Crippen LogP contribution in [-0.2, 0) is 33.3 Å². The molecule has 2 rings (SSSR count). The van der Waals surface area contributed by atoms with E-state index in [9.17, 15) is 19.2 Å². The quantitative estimate of drug-likeness (QED) is 0.396. The van der Waals surface area contributed by atoms with Crippen molar-refractivity contribution < 1.29 is 42.9 Å². The summed E-state index contributed by atoms with van der Waals surface area (Å²) in [5.41, 5.74) is 0. The summed E-state index contributed by atoms with van der Waals surface area (Å²) in [5.74, 6) is -1.83. The van der Waals surface area contributed by atoms with Crippen LogP contribution < -0.4 is 4.74 Å². The summed E-state index contributed by atoms with van der Waals surface area (Å²) >= 11 is 1.15. The lowest BCUT2D eigenvalue weighted by Crippen LogP contribution is -2.62. The Balaban J connectivity index is 2.36. The Morgan fingerprint density at radius 1 is 1.04 bits per heavy atom. The minimum absolute atomic E-state index is 0.205. The molecule has 0 spiro atoms. The van der Waals surface area contributed by atoms with E-state index in [2.05, 4.69) is 6.92 Å². The molecule has 1 aromatic heterocycles. The zero-order chi connectivity index (χ0) is 20.1. The Kier molecular flexibility index (Phi) is 6.92. The first kappa shape index (κ1) is 20.8. The minimum atomic E-state index is -1.26. The molecule has 0 bridgehead atoms. The summed E-state index contributed by atoms with van der Waals surface area (Å²) in [5, 5.41) is 1.63. The van der Waals surface area contributed by atoms with E-state index >= 15 is 0 Å². The zero-order valence-corrected chi connectivity index (χ0v) is 15.7. The molecule has 1 aliphatic heterocycles. The van der Waals surface area contributed by atoms with Crippen LogP contribution in [0.25, 0.3) is 0 Å². The smallest absolute Gasteiger partial charge is 0.303 e. The van der Waals surface area contributed by atoms with E-state index in [1.807, 2.05) is 0 Å². The van der Waals surface area contributed by atoms with Gasteiger partial charge in [-0.1, -0.05) is 0 Å². The second-order valence-electron chi connectivity index (χ2n) is 5.65. The number of hydrogen-bond acceptors (Lipinski definition) is 10. The van der Waals surface area contributed by atoms with Gasteiger partial charge in [-0.2, -0.15) is 0 Å². The molecule has 27 heavy (non-hydrogen) atoms. The molecule has 147 valence electrons. The average molecular weight is 399 g/mol. The monoisotopic (exact) mass is 399 g/mol.